The minimum absolute atomic E-state index is 0.0844. The summed E-state index contributed by atoms with van der Waals surface area (Å²) in [6.07, 6.45) is 1.23. The fraction of sp³-hybridized carbons (Fsp3) is 0. The molecule has 74 valence electrons. The molecule has 0 unspecified atom stereocenters. The Balaban J connectivity index is 2.43. The van der Waals surface area contributed by atoms with E-state index in [1.165, 1.54) is 12.3 Å². The second-order valence-electron chi connectivity index (χ2n) is 3.12. The van der Waals surface area contributed by atoms with Gasteiger partial charge in [0.15, 0.2) is 5.84 Å². The highest BCUT2D eigenvalue weighted by Crippen LogP contribution is 2.36. The Morgan fingerprint density at radius 3 is 2.80 bits per heavy atom. The molecular weight excluding hydrogens is 214 g/mol. The van der Waals surface area contributed by atoms with Gasteiger partial charge in [-0.25, -0.2) is 13.4 Å². The highest BCUT2D eigenvalue weighted by atomic mass is 32.2. The second-order valence-corrected chi connectivity index (χ2v) is 5.00. The van der Waals surface area contributed by atoms with Crippen molar-refractivity contribution in [3.05, 3.63) is 35.4 Å². The number of amidine groups is 1. The first-order valence-corrected chi connectivity index (χ1v) is 5.72. The lowest BCUT2D eigenvalue weighted by Gasteiger charge is -2.12. The smallest absolute Gasteiger partial charge is 0.214 e. The molecule has 15 heavy (non-hydrogen) atoms. The van der Waals surface area contributed by atoms with E-state index >= 15 is 0 Å². The van der Waals surface area contributed by atoms with E-state index < -0.39 is 9.84 Å². The number of nitrogens with zero attached hydrogens (tertiary/aromatic N) is 3. The van der Waals surface area contributed by atoms with E-state index in [0.29, 0.717) is 5.69 Å². The molecule has 1 aromatic carbocycles. The van der Waals surface area contributed by atoms with Crippen LogP contribution in [-0.2, 0) is 9.84 Å². The Labute approximate surface area is 85.8 Å². The molecule has 3 rings (SSSR count). The van der Waals surface area contributed by atoms with Crippen LogP contribution < -0.4 is 0 Å². The van der Waals surface area contributed by atoms with Crippen molar-refractivity contribution in [3.8, 4) is 0 Å². The molecule has 6 heteroatoms. The molecule has 0 aliphatic carbocycles. The Hall–Kier alpha value is -1.82. The molecule has 0 saturated carbocycles. The predicted molar refractivity (Wildman–Crippen MR) is 53.7 cm³/mol. The molecule has 2 heterocycles. The summed E-state index contributed by atoms with van der Waals surface area (Å²) in [4.78, 5) is 4.41. The van der Waals surface area contributed by atoms with Crippen LogP contribution in [0.25, 0.3) is 0 Å². The molecule has 1 aromatic rings. The molecule has 0 N–H and O–H groups in total. The molecule has 0 spiro atoms. The van der Waals surface area contributed by atoms with Crippen molar-refractivity contribution in [1.82, 2.24) is 0 Å². The van der Waals surface area contributed by atoms with Crippen LogP contribution in [0.1, 0.15) is 0 Å². The first-order valence-electron chi connectivity index (χ1n) is 4.24. The largest absolute Gasteiger partial charge is 0.225 e. The Kier molecular flexibility index (Phi) is 1.47. The van der Waals surface area contributed by atoms with Gasteiger partial charge in [0.25, 0.3) is 0 Å². The van der Waals surface area contributed by atoms with E-state index in [4.69, 9.17) is 0 Å². The molecule has 0 radical (unpaired) electrons. The van der Waals surface area contributed by atoms with Gasteiger partial charge in [0.05, 0.1) is 16.8 Å². The van der Waals surface area contributed by atoms with Gasteiger partial charge in [0, 0.05) is 0 Å². The van der Waals surface area contributed by atoms with Gasteiger partial charge < -0.3 is 0 Å². The van der Waals surface area contributed by atoms with Crippen LogP contribution in [-0.4, -0.2) is 14.3 Å². The van der Waals surface area contributed by atoms with Gasteiger partial charge in [0.1, 0.15) is 4.91 Å². The van der Waals surface area contributed by atoms with Crippen molar-refractivity contribution < 1.29 is 8.42 Å². The highest BCUT2D eigenvalue weighted by Gasteiger charge is 2.33. The third-order valence-corrected chi connectivity index (χ3v) is 4.01. The molecule has 0 amide bonds. The second kappa shape index (κ2) is 2.60. The van der Waals surface area contributed by atoms with Gasteiger partial charge in [-0.2, -0.15) is 5.11 Å². The molecule has 0 fully saturated rings. The van der Waals surface area contributed by atoms with Crippen LogP contribution in [0.5, 0.6) is 0 Å². The summed E-state index contributed by atoms with van der Waals surface area (Å²) in [5.74, 6) is 0.175. The normalized spacial score (nSPS) is 20.3. The van der Waals surface area contributed by atoms with Gasteiger partial charge in [-0.05, 0) is 12.1 Å². The number of hydrogen-bond donors (Lipinski definition) is 0. The average Bonchev–Trinajstić information content (AvgIpc) is 2.67. The van der Waals surface area contributed by atoms with Gasteiger partial charge in [-0.15, -0.1) is 5.11 Å². The molecular formula is C9H5N3O2S. The number of rotatable bonds is 0. The lowest BCUT2D eigenvalue weighted by molar-refractivity contribution is 0.603. The number of azo groups is 1. The zero-order chi connectivity index (χ0) is 10.5. The van der Waals surface area contributed by atoms with Gasteiger partial charge in [0.2, 0.25) is 9.84 Å². The van der Waals surface area contributed by atoms with E-state index in [9.17, 15) is 8.42 Å². The first kappa shape index (κ1) is 8.49. The molecule has 5 nitrogen and oxygen atoms in total. The van der Waals surface area contributed by atoms with E-state index in [1.807, 2.05) is 0 Å². The Morgan fingerprint density at radius 1 is 1.13 bits per heavy atom. The van der Waals surface area contributed by atoms with Crippen LogP contribution in [0.2, 0.25) is 0 Å². The standard InChI is InChI=1S/C9H5N3O2S/c13-15(14)7-4-2-1-3-6(7)11-9-8(15)5-10-12-9/h1-5H. The molecule has 0 aromatic heterocycles. The lowest BCUT2D eigenvalue weighted by atomic mass is 10.3. The molecule has 2 aliphatic rings. The number of para-hydroxylation sites is 1. The van der Waals surface area contributed by atoms with Crippen molar-refractivity contribution >= 4 is 21.4 Å². The van der Waals surface area contributed by atoms with E-state index in [1.54, 1.807) is 18.2 Å². The summed E-state index contributed by atoms with van der Waals surface area (Å²) in [5, 5.41) is 7.21. The highest BCUT2D eigenvalue weighted by molar-refractivity contribution is 7.96. The monoisotopic (exact) mass is 219 g/mol. The summed E-state index contributed by atoms with van der Waals surface area (Å²) in [6, 6.07) is 6.58. The summed E-state index contributed by atoms with van der Waals surface area (Å²) in [7, 11) is -3.48. The number of aliphatic imine (C=N–C) groups is 1. The van der Waals surface area contributed by atoms with Crippen molar-refractivity contribution in [1.29, 1.82) is 0 Å². The van der Waals surface area contributed by atoms with Crippen molar-refractivity contribution in [3.63, 3.8) is 0 Å². The lowest BCUT2D eigenvalue weighted by Crippen LogP contribution is -2.14. The Morgan fingerprint density at radius 2 is 1.93 bits per heavy atom. The van der Waals surface area contributed by atoms with E-state index in [2.05, 4.69) is 15.2 Å². The molecule has 0 atom stereocenters. The third kappa shape index (κ3) is 1.02. The summed E-state index contributed by atoms with van der Waals surface area (Å²) in [5.41, 5.74) is 0.422. The summed E-state index contributed by atoms with van der Waals surface area (Å²) < 4.78 is 24.0. The number of hydrogen-bond acceptors (Lipinski definition) is 5. The number of fused-ring (bicyclic) bond motifs is 2. The minimum atomic E-state index is -3.48. The number of sulfone groups is 1. The number of benzene rings is 1. The Bertz CT molecular complexity index is 641. The molecule has 2 aliphatic heterocycles. The minimum Gasteiger partial charge on any atom is -0.225 e. The zero-order valence-electron chi connectivity index (χ0n) is 7.45. The van der Waals surface area contributed by atoms with Crippen LogP contribution in [0.15, 0.2) is 55.5 Å². The van der Waals surface area contributed by atoms with Crippen LogP contribution in [0.3, 0.4) is 0 Å². The third-order valence-electron chi connectivity index (χ3n) is 2.22. The molecule has 0 saturated heterocycles. The van der Waals surface area contributed by atoms with Gasteiger partial charge >= 0.3 is 0 Å². The molecule has 0 bridgehead atoms. The quantitative estimate of drug-likeness (QED) is 0.667. The zero-order valence-corrected chi connectivity index (χ0v) is 8.27. The van der Waals surface area contributed by atoms with Crippen molar-refractivity contribution in [2.75, 3.05) is 0 Å². The van der Waals surface area contributed by atoms with Gasteiger partial charge in [-0.1, -0.05) is 12.1 Å². The van der Waals surface area contributed by atoms with Crippen LogP contribution in [0, 0.1) is 0 Å². The summed E-state index contributed by atoms with van der Waals surface area (Å²) >= 11 is 0. The average molecular weight is 219 g/mol. The topological polar surface area (TPSA) is 71.2 Å². The van der Waals surface area contributed by atoms with Crippen LogP contribution >= 0.6 is 0 Å². The first-order chi connectivity index (χ1) is 7.19. The maximum absolute atomic E-state index is 12.0. The van der Waals surface area contributed by atoms with Crippen molar-refractivity contribution in [2.45, 2.75) is 4.90 Å². The maximum Gasteiger partial charge on any atom is 0.214 e. The van der Waals surface area contributed by atoms with Crippen molar-refractivity contribution in [2.24, 2.45) is 15.2 Å². The fourth-order valence-electron chi connectivity index (χ4n) is 1.52. The maximum atomic E-state index is 12.0. The van der Waals surface area contributed by atoms with E-state index in [-0.39, 0.29) is 15.6 Å². The summed E-state index contributed by atoms with van der Waals surface area (Å²) in [6.45, 7) is 0. The van der Waals surface area contributed by atoms with E-state index in [0.717, 1.165) is 0 Å². The van der Waals surface area contributed by atoms with Crippen LogP contribution in [0.4, 0.5) is 5.69 Å². The fourth-order valence-corrected chi connectivity index (χ4v) is 2.92. The predicted octanol–water partition coefficient (Wildman–Crippen LogP) is 1.81. The van der Waals surface area contributed by atoms with Gasteiger partial charge in [-0.3, -0.25) is 0 Å². The SMILES string of the molecule is O=S1(=O)C2=CN=NC2=Nc2ccccc21.